The molecule has 0 aromatic carbocycles. The maximum atomic E-state index is 10.3. The topological polar surface area (TPSA) is 47.9 Å². The Morgan fingerprint density at radius 1 is 1.35 bits per heavy atom. The number of ether oxygens (including phenoxy) is 1. The van der Waals surface area contributed by atoms with Crippen molar-refractivity contribution in [2.45, 2.75) is 52.4 Å². The van der Waals surface area contributed by atoms with Crippen LogP contribution in [-0.2, 0) is 13.6 Å². The highest BCUT2D eigenvalue weighted by molar-refractivity contribution is 6.26. The van der Waals surface area contributed by atoms with Gasteiger partial charge < -0.3 is 18.7 Å². The van der Waals surface area contributed by atoms with Gasteiger partial charge in [0.25, 0.3) is 0 Å². The molecule has 0 aliphatic carbocycles. The van der Waals surface area contributed by atoms with Gasteiger partial charge in [0.1, 0.15) is 6.29 Å². The van der Waals surface area contributed by atoms with Crippen molar-refractivity contribution in [3.8, 4) is 0 Å². The molecule has 0 radical (unpaired) electrons. The van der Waals surface area contributed by atoms with Gasteiger partial charge in [-0.15, -0.1) is 0 Å². The van der Waals surface area contributed by atoms with Crippen LogP contribution in [0.2, 0.25) is 13.1 Å². The fourth-order valence-electron chi connectivity index (χ4n) is 2.76. The SMILES string of the molecule is C[SiH2]OC(O[SiH2]C)C(C)(C)[C@@H]1CCOC1(C)O. The molecule has 1 fully saturated rings. The molecule has 6 heteroatoms. The number of hydrogen-bond acceptors (Lipinski definition) is 4. The van der Waals surface area contributed by atoms with Crippen molar-refractivity contribution in [1.82, 2.24) is 0 Å². The maximum absolute atomic E-state index is 10.3. The van der Waals surface area contributed by atoms with E-state index < -0.39 is 25.3 Å². The minimum Gasteiger partial charge on any atom is -0.400 e. The van der Waals surface area contributed by atoms with Crippen LogP contribution in [0.3, 0.4) is 0 Å². The minimum atomic E-state index is -1.06. The lowest BCUT2D eigenvalue weighted by Crippen LogP contribution is -2.48. The van der Waals surface area contributed by atoms with Crippen molar-refractivity contribution in [3.63, 3.8) is 0 Å². The van der Waals surface area contributed by atoms with E-state index in [1.165, 1.54) is 0 Å². The zero-order valence-corrected chi connectivity index (χ0v) is 14.5. The van der Waals surface area contributed by atoms with Gasteiger partial charge in [0.2, 0.25) is 0 Å². The van der Waals surface area contributed by atoms with E-state index >= 15 is 0 Å². The molecule has 1 heterocycles. The molecule has 0 aromatic rings. The standard InChI is InChI=1S/C11H26O4Si2/c1-10(2,9(14-16-4)15-17-5)8-6-7-13-11(8,3)12/h8-9,12H,6-7,16-17H2,1-5H3/t8-,11?/m0/s1. The predicted molar refractivity (Wildman–Crippen MR) is 73.2 cm³/mol. The Morgan fingerprint density at radius 2 is 1.88 bits per heavy atom. The van der Waals surface area contributed by atoms with Crippen molar-refractivity contribution in [2.24, 2.45) is 11.3 Å². The molecule has 102 valence electrons. The largest absolute Gasteiger partial charge is 0.400 e. The molecule has 1 aliphatic heterocycles. The molecule has 17 heavy (non-hydrogen) atoms. The highest BCUT2D eigenvalue weighted by Crippen LogP contribution is 2.45. The predicted octanol–water partition coefficient (Wildman–Crippen LogP) is 0.381. The summed E-state index contributed by atoms with van der Waals surface area (Å²) in [5, 5.41) is 10.3. The summed E-state index contributed by atoms with van der Waals surface area (Å²) in [5.74, 6) is -1.000. The second kappa shape index (κ2) is 5.94. The van der Waals surface area contributed by atoms with Crippen molar-refractivity contribution in [1.29, 1.82) is 0 Å². The van der Waals surface area contributed by atoms with Crippen LogP contribution in [0.1, 0.15) is 27.2 Å². The van der Waals surface area contributed by atoms with Crippen LogP contribution in [-0.4, -0.2) is 43.3 Å². The third-order valence-electron chi connectivity index (χ3n) is 3.59. The normalized spacial score (nSPS) is 33.2. The monoisotopic (exact) mass is 278 g/mol. The Balaban J connectivity index is 2.82. The highest BCUT2D eigenvalue weighted by atomic mass is 28.2. The van der Waals surface area contributed by atoms with Gasteiger partial charge in [0.05, 0.1) is 6.61 Å². The second-order valence-electron chi connectivity index (χ2n) is 5.31. The number of aliphatic hydroxyl groups is 1. The Labute approximate surface area is 109 Å². The summed E-state index contributed by atoms with van der Waals surface area (Å²) >= 11 is 0. The average Bonchev–Trinajstić information content (AvgIpc) is 2.58. The number of hydrogen-bond donors (Lipinski definition) is 1. The summed E-state index contributed by atoms with van der Waals surface area (Å²) in [5.41, 5.74) is -0.216. The van der Waals surface area contributed by atoms with Gasteiger partial charge in [-0.25, -0.2) is 0 Å². The number of rotatable bonds is 6. The highest BCUT2D eigenvalue weighted by Gasteiger charge is 2.50. The first-order chi connectivity index (χ1) is 7.86. The van der Waals surface area contributed by atoms with E-state index in [1.54, 1.807) is 6.92 Å². The smallest absolute Gasteiger partial charge is 0.166 e. The summed E-state index contributed by atoms with van der Waals surface area (Å²) in [6.45, 7) is 10.8. The molecule has 1 unspecified atom stereocenters. The van der Waals surface area contributed by atoms with Gasteiger partial charge >= 0.3 is 0 Å². The Hall–Kier alpha value is 0.274. The fraction of sp³-hybridized carbons (Fsp3) is 1.00. The molecule has 1 N–H and O–H groups in total. The van der Waals surface area contributed by atoms with Crippen LogP contribution in [0, 0.1) is 11.3 Å². The molecule has 2 atom stereocenters. The molecule has 0 aromatic heterocycles. The molecule has 1 saturated heterocycles. The lowest BCUT2D eigenvalue weighted by atomic mass is 9.73. The molecule has 1 rings (SSSR count). The molecule has 1 aliphatic rings. The van der Waals surface area contributed by atoms with Crippen LogP contribution in [0.4, 0.5) is 0 Å². The summed E-state index contributed by atoms with van der Waals surface area (Å²) in [7, 11) is -1.04. The van der Waals surface area contributed by atoms with E-state index in [2.05, 4.69) is 26.9 Å². The van der Waals surface area contributed by atoms with E-state index in [1.807, 2.05) is 0 Å². The molecule has 0 amide bonds. The van der Waals surface area contributed by atoms with E-state index in [0.29, 0.717) is 6.61 Å². The zero-order valence-electron chi connectivity index (χ0n) is 11.7. The Morgan fingerprint density at radius 3 is 2.24 bits per heavy atom. The molecule has 0 saturated carbocycles. The van der Waals surface area contributed by atoms with Crippen molar-refractivity contribution < 1.29 is 18.7 Å². The summed E-state index contributed by atoms with van der Waals surface area (Å²) in [6, 6.07) is 0. The van der Waals surface area contributed by atoms with Crippen molar-refractivity contribution in [2.75, 3.05) is 6.61 Å². The van der Waals surface area contributed by atoms with Gasteiger partial charge in [-0.1, -0.05) is 26.9 Å². The molecular weight excluding hydrogens is 252 g/mol. The van der Waals surface area contributed by atoms with E-state index in [-0.39, 0.29) is 17.6 Å². The van der Waals surface area contributed by atoms with Gasteiger partial charge in [-0.05, 0) is 13.3 Å². The van der Waals surface area contributed by atoms with Gasteiger partial charge in [-0.2, -0.15) is 0 Å². The molecule has 0 spiro atoms. The first kappa shape index (κ1) is 15.3. The van der Waals surface area contributed by atoms with Crippen LogP contribution in [0.15, 0.2) is 0 Å². The minimum absolute atomic E-state index is 0.0566. The molecular formula is C11H26O4Si2. The van der Waals surface area contributed by atoms with Crippen LogP contribution < -0.4 is 0 Å². The maximum Gasteiger partial charge on any atom is 0.166 e. The van der Waals surface area contributed by atoms with Gasteiger partial charge in [-0.3, -0.25) is 0 Å². The fourth-order valence-corrected chi connectivity index (χ4v) is 4.61. The van der Waals surface area contributed by atoms with Crippen LogP contribution in [0.25, 0.3) is 0 Å². The van der Waals surface area contributed by atoms with Gasteiger partial charge in [0, 0.05) is 11.3 Å². The van der Waals surface area contributed by atoms with E-state index in [9.17, 15) is 5.11 Å². The Bertz CT molecular complexity index is 240. The first-order valence-electron chi connectivity index (χ1n) is 6.45. The second-order valence-corrected chi connectivity index (χ2v) is 7.13. The summed E-state index contributed by atoms with van der Waals surface area (Å²) in [6.07, 6.45) is 0.675. The van der Waals surface area contributed by atoms with Gasteiger partial charge in [0.15, 0.2) is 25.3 Å². The summed E-state index contributed by atoms with van der Waals surface area (Å²) < 4.78 is 17.1. The molecule has 4 nitrogen and oxygen atoms in total. The summed E-state index contributed by atoms with van der Waals surface area (Å²) in [4.78, 5) is 0. The van der Waals surface area contributed by atoms with E-state index in [0.717, 1.165) is 6.42 Å². The Kier molecular flexibility index (Phi) is 5.36. The van der Waals surface area contributed by atoms with Crippen LogP contribution >= 0.6 is 0 Å². The van der Waals surface area contributed by atoms with Crippen molar-refractivity contribution >= 4 is 19.5 Å². The zero-order chi connectivity index (χ0) is 13.1. The third kappa shape index (κ3) is 3.39. The lowest BCUT2D eigenvalue weighted by molar-refractivity contribution is -0.223. The lowest BCUT2D eigenvalue weighted by Gasteiger charge is -2.42. The average molecular weight is 278 g/mol. The van der Waals surface area contributed by atoms with E-state index in [4.69, 9.17) is 13.6 Å². The van der Waals surface area contributed by atoms with Crippen molar-refractivity contribution in [3.05, 3.63) is 0 Å². The third-order valence-corrected chi connectivity index (χ3v) is 4.86. The molecule has 0 bridgehead atoms. The van der Waals surface area contributed by atoms with Crippen LogP contribution in [0.5, 0.6) is 0 Å². The quantitative estimate of drug-likeness (QED) is 0.564. The first-order valence-corrected chi connectivity index (χ1v) is 10.4.